The van der Waals surface area contributed by atoms with Crippen molar-refractivity contribution < 1.29 is 14.2 Å². The van der Waals surface area contributed by atoms with Gasteiger partial charge in [-0.15, -0.1) is 0 Å². The summed E-state index contributed by atoms with van der Waals surface area (Å²) < 4.78 is 16.3. The Morgan fingerprint density at radius 3 is 2.38 bits per heavy atom. The van der Waals surface area contributed by atoms with Crippen molar-refractivity contribution in [2.75, 3.05) is 39.5 Å². The van der Waals surface area contributed by atoms with E-state index in [2.05, 4.69) is 5.32 Å². The Balaban J connectivity index is 2.06. The summed E-state index contributed by atoms with van der Waals surface area (Å²) in [7, 11) is 0. The highest BCUT2D eigenvalue weighted by molar-refractivity contribution is 4.66. The van der Waals surface area contributed by atoms with Crippen LogP contribution in [0.5, 0.6) is 0 Å². The minimum Gasteiger partial charge on any atom is -0.381 e. The van der Waals surface area contributed by atoms with E-state index >= 15 is 0 Å². The predicted molar refractivity (Wildman–Crippen MR) is 63.5 cm³/mol. The lowest BCUT2D eigenvalue weighted by Crippen LogP contribution is -2.35. The molecule has 1 N–H and O–H groups in total. The van der Waals surface area contributed by atoms with E-state index in [1.165, 1.54) is 12.8 Å². The first kappa shape index (κ1) is 13.9. The molecule has 16 heavy (non-hydrogen) atoms. The molecule has 1 aliphatic rings. The Morgan fingerprint density at radius 2 is 1.81 bits per heavy atom. The number of nitrogens with one attached hydrogen (secondary N) is 1. The van der Waals surface area contributed by atoms with Crippen LogP contribution in [-0.4, -0.2) is 45.8 Å². The fraction of sp³-hybridized carbons (Fsp3) is 1.00. The van der Waals surface area contributed by atoms with Gasteiger partial charge in [-0.25, -0.2) is 0 Å². The lowest BCUT2D eigenvalue weighted by Gasteiger charge is -2.24. The summed E-state index contributed by atoms with van der Waals surface area (Å²) in [5.74, 6) is 0.748. The van der Waals surface area contributed by atoms with Crippen molar-refractivity contribution in [1.82, 2.24) is 5.32 Å². The van der Waals surface area contributed by atoms with Gasteiger partial charge in [-0.1, -0.05) is 0 Å². The maximum atomic E-state index is 5.46. The van der Waals surface area contributed by atoms with Crippen LogP contribution in [0.3, 0.4) is 0 Å². The molecule has 0 spiro atoms. The Morgan fingerprint density at radius 1 is 1.19 bits per heavy atom. The van der Waals surface area contributed by atoms with E-state index in [4.69, 9.17) is 14.2 Å². The fourth-order valence-corrected chi connectivity index (χ4v) is 1.89. The monoisotopic (exact) mass is 231 g/mol. The van der Waals surface area contributed by atoms with Gasteiger partial charge >= 0.3 is 0 Å². The van der Waals surface area contributed by atoms with Crippen LogP contribution in [0.2, 0.25) is 0 Å². The van der Waals surface area contributed by atoms with E-state index in [1.807, 2.05) is 13.8 Å². The molecule has 0 aromatic heterocycles. The largest absolute Gasteiger partial charge is 0.381 e. The zero-order valence-electron chi connectivity index (χ0n) is 10.5. The van der Waals surface area contributed by atoms with E-state index in [1.54, 1.807) is 0 Å². The second kappa shape index (κ2) is 8.93. The van der Waals surface area contributed by atoms with E-state index in [0.717, 1.165) is 32.2 Å². The first-order valence-electron chi connectivity index (χ1n) is 6.38. The Bertz CT molecular complexity index is 154. The van der Waals surface area contributed by atoms with Gasteiger partial charge in [0.15, 0.2) is 6.29 Å². The number of ether oxygens (including phenoxy) is 3. The summed E-state index contributed by atoms with van der Waals surface area (Å²) in [5, 5.41) is 3.42. The van der Waals surface area contributed by atoms with Crippen LogP contribution >= 0.6 is 0 Å². The maximum absolute atomic E-state index is 5.46. The minimum atomic E-state index is -0.102. The molecule has 4 heteroatoms. The second-order valence-electron chi connectivity index (χ2n) is 4.05. The van der Waals surface area contributed by atoms with Crippen LogP contribution in [-0.2, 0) is 14.2 Å². The van der Waals surface area contributed by atoms with Crippen molar-refractivity contribution in [3.63, 3.8) is 0 Å². The van der Waals surface area contributed by atoms with Gasteiger partial charge in [-0.2, -0.15) is 0 Å². The molecule has 0 bridgehead atoms. The van der Waals surface area contributed by atoms with Crippen LogP contribution in [0.1, 0.15) is 26.7 Å². The summed E-state index contributed by atoms with van der Waals surface area (Å²) in [6, 6.07) is 0. The first-order valence-corrected chi connectivity index (χ1v) is 6.38. The second-order valence-corrected chi connectivity index (χ2v) is 4.05. The third-order valence-corrected chi connectivity index (χ3v) is 2.79. The van der Waals surface area contributed by atoms with Gasteiger partial charge in [0.1, 0.15) is 0 Å². The molecule has 1 fully saturated rings. The van der Waals surface area contributed by atoms with Crippen LogP contribution < -0.4 is 5.32 Å². The smallest absolute Gasteiger partial charge is 0.169 e. The Hall–Kier alpha value is -0.160. The van der Waals surface area contributed by atoms with E-state index in [-0.39, 0.29) is 6.29 Å². The van der Waals surface area contributed by atoms with Crippen LogP contribution in [0.15, 0.2) is 0 Å². The normalized spacial score (nSPS) is 18.2. The molecule has 1 rings (SSSR count). The van der Waals surface area contributed by atoms with Crippen molar-refractivity contribution in [2.24, 2.45) is 5.92 Å². The molecule has 1 heterocycles. The number of hydrogen-bond acceptors (Lipinski definition) is 4. The number of hydrogen-bond donors (Lipinski definition) is 1. The predicted octanol–water partition coefficient (Wildman–Crippen LogP) is 1.40. The number of rotatable bonds is 8. The average molecular weight is 231 g/mol. The van der Waals surface area contributed by atoms with Gasteiger partial charge in [0, 0.05) is 33.0 Å². The standard InChI is InChI=1S/C12H25NO3/c1-3-15-12(16-4-2)10-13-9-11-5-7-14-8-6-11/h11-13H,3-10H2,1-2H3. The first-order chi connectivity index (χ1) is 7.86. The van der Waals surface area contributed by atoms with Crippen molar-refractivity contribution >= 4 is 0 Å². The molecular weight excluding hydrogens is 206 g/mol. The molecule has 1 saturated heterocycles. The topological polar surface area (TPSA) is 39.7 Å². The third kappa shape index (κ3) is 5.80. The fourth-order valence-electron chi connectivity index (χ4n) is 1.89. The zero-order chi connectivity index (χ0) is 11.6. The summed E-state index contributed by atoms with van der Waals surface area (Å²) in [5.41, 5.74) is 0. The quantitative estimate of drug-likeness (QED) is 0.641. The SMILES string of the molecule is CCOC(CNCC1CCOCC1)OCC. The average Bonchev–Trinajstić information content (AvgIpc) is 2.31. The molecule has 0 aromatic carbocycles. The Kier molecular flexibility index (Phi) is 7.76. The maximum Gasteiger partial charge on any atom is 0.169 e. The molecule has 0 aromatic rings. The van der Waals surface area contributed by atoms with E-state index in [0.29, 0.717) is 13.2 Å². The summed E-state index contributed by atoms with van der Waals surface area (Å²) in [4.78, 5) is 0. The van der Waals surface area contributed by atoms with Crippen molar-refractivity contribution in [3.8, 4) is 0 Å². The van der Waals surface area contributed by atoms with Crippen molar-refractivity contribution in [1.29, 1.82) is 0 Å². The molecule has 0 amide bonds. The van der Waals surface area contributed by atoms with Gasteiger partial charge in [-0.3, -0.25) is 0 Å². The highest BCUT2D eigenvalue weighted by atomic mass is 16.7. The summed E-state index contributed by atoms with van der Waals surface area (Å²) in [6.07, 6.45) is 2.23. The molecule has 4 nitrogen and oxygen atoms in total. The van der Waals surface area contributed by atoms with Crippen LogP contribution in [0.25, 0.3) is 0 Å². The van der Waals surface area contributed by atoms with Gasteiger partial charge in [0.05, 0.1) is 0 Å². The molecular formula is C12H25NO3. The summed E-state index contributed by atoms with van der Waals surface area (Å²) >= 11 is 0. The molecule has 96 valence electrons. The van der Waals surface area contributed by atoms with Gasteiger partial charge < -0.3 is 19.5 Å². The zero-order valence-corrected chi connectivity index (χ0v) is 10.5. The van der Waals surface area contributed by atoms with Crippen molar-refractivity contribution in [2.45, 2.75) is 33.0 Å². The van der Waals surface area contributed by atoms with Gasteiger partial charge in [0.2, 0.25) is 0 Å². The molecule has 0 atom stereocenters. The third-order valence-electron chi connectivity index (χ3n) is 2.79. The molecule has 0 saturated carbocycles. The van der Waals surface area contributed by atoms with Crippen molar-refractivity contribution in [3.05, 3.63) is 0 Å². The highest BCUT2D eigenvalue weighted by Gasteiger charge is 2.14. The lowest BCUT2D eigenvalue weighted by atomic mass is 10.0. The molecule has 0 unspecified atom stereocenters. The molecule has 0 radical (unpaired) electrons. The summed E-state index contributed by atoms with van der Waals surface area (Å²) in [6.45, 7) is 9.01. The van der Waals surface area contributed by atoms with E-state index < -0.39 is 0 Å². The Labute approximate surface area is 98.6 Å². The van der Waals surface area contributed by atoms with Crippen LogP contribution in [0.4, 0.5) is 0 Å². The van der Waals surface area contributed by atoms with Gasteiger partial charge in [-0.05, 0) is 39.2 Å². The molecule has 0 aliphatic carbocycles. The van der Waals surface area contributed by atoms with E-state index in [9.17, 15) is 0 Å². The van der Waals surface area contributed by atoms with Crippen LogP contribution in [0, 0.1) is 5.92 Å². The molecule has 1 aliphatic heterocycles. The van der Waals surface area contributed by atoms with Gasteiger partial charge in [0.25, 0.3) is 0 Å². The minimum absolute atomic E-state index is 0.102. The highest BCUT2D eigenvalue weighted by Crippen LogP contribution is 2.13. The lowest BCUT2D eigenvalue weighted by molar-refractivity contribution is -0.133.